The number of aliphatic hydroxyl groups excluding tert-OH is 1. The number of carbonyl (C=O) groups is 1. The van der Waals surface area contributed by atoms with Crippen molar-refractivity contribution in [2.24, 2.45) is 5.73 Å². The molecule has 12 heteroatoms. The standard InChI is InChI=1S/C25H40N8O4/c26-10-14-36-16-17-37-15-12-27-22(35)19-6-4-9-21(18-19)30-25-32-23(28-11-5-13-34)31-24(33-25)29-20-7-2-1-3-8-20/h4,6,9,18,20,34H,1-3,5,7-8,10-17,26H2,(H,27,35)(H3,28,29,30,31,32,33). The number of benzene rings is 1. The van der Waals surface area contributed by atoms with Gasteiger partial charge in [-0.15, -0.1) is 0 Å². The Morgan fingerprint density at radius 1 is 0.973 bits per heavy atom. The van der Waals surface area contributed by atoms with E-state index in [1.807, 2.05) is 6.07 Å². The molecule has 1 aliphatic rings. The van der Waals surface area contributed by atoms with Crippen LogP contribution in [0.1, 0.15) is 48.9 Å². The predicted molar refractivity (Wildman–Crippen MR) is 143 cm³/mol. The highest BCUT2D eigenvalue weighted by molar-refractivity contribution is 5.95. The molecule has 0 radical (unpaired) electrons. The van der Waals surface area contributed by atoms with Crippen LogP contribution in [0.25, 0.3) is 0 Å². The first-order chi connectivity index (χ1) is 18.2. The van der Waals surface area contributed by atoms with Gasteiger partial charge in [-0.25, -0.2) is 0 Å². The van der Waals surface area contributed by atoms with Crippen LogP contribution in [0.4, 0.5) is 23.5 Å². The zero-order valence-corrected chi connectivity index (χ0v) is 21.4. The van der Waals surface area contributed by atoms with Gasteiger partial charge in [-0.2, -0.15) is 15.0 Å². The Balaban J connectivity index is 1.57. The number of carbonyl (C=O) groups excluding carboxylic acids is 1. The van der Waals surface area contributed by atoms with Gasteiger partial charge in [0.25, 0.3) is 5.91 Å². The molecular formula is C25H40N8O4. The molecular weight excluding hydrogens is 476 g/mol. The van der Waals surface area contributed by atoms with Crippen LogP contribution < -0.4 is 27.0 Å². The fraction of sp³-hybridized carbons (Fsp3) is 0.600. The fourth-order valence-electron chi connectivity index (χ4n) is 3.90. The first kappa shape index (κ1) is 28.5. The van der Waals surface area contributed by atoms with Gasteiger partial charge in [0.2, 0.25) is 17.8 Å². The summed E-state index contributed by atoms with van der Waals surface area (Å²) >= 11 is 0. The number of aromatic nitrogens is 3. The maximum absolute atomic E-state index is 12.6. The van der Waals surface area contributed by atoms with Crippen LogP contribution in [0.15, 0.2) is 24.3 Å². The van der Waals surface area contributed by atoms with Gasteiger partial charge in [0.15, 0.2) is 0 Å². The van der Waals surface area contributed by atoms with E-state index in [1.165, 1.54) is 19.3 Å². The van der Waals surface area contributed by atoms with Gasteiger partial charge in [-0.3, -0.25) is 4.79 Å². The molecule has 0 unspecified atom stereocenters. The first-order valence-corrected chi connectivity index (χ1v) is 13.1. The minimum Gasteiger partial charge on any atom is -0.396 e. The molecule has 37 heavy (non-hydrogen) atoms. The monoisotopic (exact) mass is 516 g/mol. The average molecular weight is 517 g/mol. The van der Waals surface area contributed by atoms with E-state index in [0.717, 1.165) is 12.8 Å². The van der Waals surface area contributed by atoms with Gasteiger partial charge in [-0.05, 0) is 37.5 Å². The molecule has 1 saturated carbocycles. The summed E-state index contributed by atoms with van der Waals surface area (Å²) in [4.78, 5) is 26.1. The van der Waals surface area contributed by atoms with Crippen molar-refractivity contribution in [1.29, 1.82) is 0 Å². The minimum absolute atomic E-state index is 0.0839. The van der Waals surface area contributed by atoms with Crippen molar-refractivity contribution >= 4 is 29.4 Å². The summed E-state index contributed by atoms with van der Waals surface area (Å²) in [6.07, 6.45) is 6.42. The highest BCUT2D eigenvalue weighted by Gasteiger charge is 2.16. The summed E-state index contributed by atoms with van der Waals surface area (Å²) in [5.74, 6) is 1.08. The maximum atomic E-state index is 12.6. The van der Waals surface area contributed by atoms with Gasteiger partial charge in [0, 0.05) is 43.5 Å². The third-order valence-electron chi connectivity index (χ3n) is 5.74. The van der Waals surface area contributed by atoms with Crippen molar-refractivity contribution < 1.29 is 19.4 Å². The van der Waals surface area contributed by atoms with Crippen LogP contribution in [-0.4, -0.2) is 84.7 Å². The third kappa shape index (κ3) is 10.8. The molecule has 1 fully saturated rings. The average Bonchev–Trinajstić information content (AvgIpc) is 2.91. The lowest BCUT2D eigenvalue weighted by molar-refractivity contribution is 0.0511. The molecule has 1 aromatic heterocycles. The van der Waals surface area contributed by atoms with E-state index in [9.17, 15) is 4.79 Å². The number of amides is 1. The molecule has 204 valence electrons. The minimum atomic E-state index is -0.201. The van der Waals surface area contributed by atoms with Crippen LogP contribution >= 0.6 is 0 Å². The summed E-state index contributed by atoms with van der Waals surface area (Å²) < 4.78 is 10.7. The van der Waals surface area contributed by atoms with E-state index < -0.39 is 0 Å². The topological polar surface area (TPSA) is 169 Å². The Hall–Kier alpha value is -3.06. The zero-order chi connectivity index (χ0) is 26.1. The molecule has 3 rings (SSSR count). The Morgan fingerprint density at radius 3 is 2.51 bits per heavy atom. The number of nitrogens with two attached hydrogens (primary N) is 1. The molecule has 1 amide bonds. The number of hydrogen-bond acceptors (Lipinski definition) is 11. The second-order valence-electron chi connectivity index (χ2n) is 8.76. The van der Waals surface area contributed by atoms with Crippen molar-refractivity contribution in [3.05, 3.63) is 29.8 Å². The van der Waals surface area contributed by atoms with Gasteiger partial charge in [0.05, 0.1) is 26.4 Å². The highest BCUT2D eigenvalue weighted by Crippen LogP contribution is 2.22. The second kappa shape index (κ2) is 16.6. The van der Waals surface area contributed by atoms with E-state index in [1.54, 1.807) is 18.2 Å². The number of anilines is 4. The second-order valence-corrected chi connectivity index (χ2v) is 8.76. The molecule has 12 nitrogen and oxygen atoms in total. The lowest BCUT2D eigenvalue weighted by Gasteiger charge is -2.23. The van der Waals surface area contributed by atoms with Gasteiger partial charge in [0.1, 0.15) is 0 Å². The molecule has 7 N–H and O–H groups in total. The van der Waals surface area contributed by atoms with E-state index in [4.69, 9.17) is 20.3 Å². The molecule has 0 atom stereocenters. The van der Waals surface area contributed by atoms with Crippen LogP contribution in [0, 0.1) is 0 Å². The van der Waals surface area contributed by atoms with E-state index >= 15 is 0 Å². The normalized spacial score (nSPS) is 13.8. The maximum Gasteiger partial charge on any atom is 0.251 e. The van der Waals surface area contributed by atoms with Crippen LogP contribution in [0.5, 0.6) is 0 Å². The number of ether oxygens (including phenoxy) is 2. The van der Waals surface area contributed by atoms with Crippen molar-refractivity contribution in [3.8, 4) is 0 Å². The number of nitrogens with zero attached hydrogens (tertiary/aromatic N) is 3. The molecule has 2 aromatic rings. The number of rotatable bonds is 17. The van der Waals surface area contributed by atoms with Gasteiger partial charge >= 0.3 is 0 Å². The Morgan fingerprint density at radius 2 is 1.73 bits per heavy atom. The van der Waals surface area contributed by atoms with Crippen molar-refractivity contribution in [2.75, 3.05) is 68.6 Å². The van der Waals surface area contributed by atoms with E-state index in [2.05, 4.69) is 36.2 Å². The summed E-state index contributed by atoms with van der Waals surface area (Å²) in [6, 6.07) is 7.47. The molecule has 0 spiro atoms. The summed E-state index contributed by atoms with van der Waals surface area (Å²) in [5, 5.41) is 21.7. The van der Waals surface area contributed by atoms with Crippen LogP contribution in [0.2, 0.25) is 0 Å². The number of nitrogens with one attached hydrogen (secondary N) is 4. The first-order valence-electron chi connectivity index (χ1n) is 13.1. The van der Waals surface area contributed by atoms with Crippen molar-refractivity contribution in [1.82, 2.24) is 20.3 Å². The van der Waals surface area contributed by atoms with E-state index in [0.29, 0.717) is 87.6 Å². The molecule has 0 bridgehead atoms. The Kier molecular flexibility index (Phi) is 12.8. The smallest absolute Gasteiger partial charge is 0.251 e. The van der Waals surface area contributed by atoms with E-state index in [-0.39, 0.29) is 12.5 Å². The molecule has 0 aliphatic heterocycles. The summed E-state index contributed by atoms with van der Waals surface area (Å²) in [5.41, 5.74) is 6.55. The SMILES string of the molecule is NCCOCCOCCNC(=O)c1cccc(Nc2nc(NCCCO)nc(NC3CCCCC3)n2)c1. The lowest BCUT2D eigenvalue weighted by atomic mass is 9.96. The third-order valence-corrected chi connectivity index (χ3v) is 5.74. The van der Waals surface area contributed by atoms with Crippen molar-refractivity contribution in [2.45, 2.75) is 44.6 Å². The predicted octanol–water partition coefficient (Wildman–Crippen LogP) is 1.88. The number of hydrogen-bond donors (Lipinski definition) is 6. The van der Waals surface area contributed by atoms with Crippen molar-refractivity contribution in [3.63, 3.8) is 0 Å². The molecule has 1 aliphatic carbocycles. The van der Waals surface area contributed by atoms with Gasteiger partial charge < -0.3 is 41.6 Å². The number of aliphatic hydroxyl groups is 1. The summed E-state index contributed by atoms with van der Waals surface area (Å²) in [7, 11) is 0. The molecule has 1 aromatic carbocycles. The summed E-state index contributed by atoms with van der Waals surface area (Å²) in [6.45, 7) is 3.34. The van der Waals surface area contributed by atoms with Crippen LogP contribution in [0.3, 0.4) is 0 Å². The highest BCUT2D eigenvalue weighted by atomic mass is 16.5. The quantitative estimate of drug-likeness (QED) is 0.170. The Bertz CT molecular complexity index is 943. The van der Waals surface area contributed by atoms with Crippen LogP contribution in [-0.2, 0) is 9.47 Å². The Labute approximate surface area is 218 Å². The fourth-order valence-corrected chi connectivity index (χ4v) is 3.90. The molecule has 1 heterocycles. The molecule has 0 saturated heterocycles. The lowest BCUT2D eigenvalue weighted by Crippen LogP contribution is -2.27. The van der Waals surface area contributed by atoms with Gasteiger partial charge in [-0.1, -0.05) is 25.3 Å². The largest absolute Gasteiger partial charge is 0.396 e. The zero-order valence-electron chi connectivity index (χ0n) is 21.4.